The Balaban J connectivity index is 2.36. The molecule has 5 heteroatoms. The maximum Gasteiger partial charge on any atom is 0.333 e. The first kappa shape index (κ1) is 11.4. The van der Waals surface area contributed by atoms with Gasteiger partial charge in [-0.25, -0.2) is 4.79 Å². The van der Waals surface area contributed by atoms with E-state index in [1.165, 1.54) is 0 Å². The third kappa shape index (κ3) is 2.94. The molecule has 0 spiro atoms. The number of rotatable bonds is 3. The maximum absolute atomic E-state index is 10.4. The Morgan fingerprint density at radius 1 is 1.64 bits per heavy atom. The molecule has 0 bridgehead atoms. The van der Waals surface area contributed by atoms with Gasteiger partial charge in [-0.05, 0) is 18.9 Å². The lowest BCUT2D eigenvalue weighted by molar-refractivity contribution is -0.148. The molecule has 1 aliphatic heterocycles. The summed E-state index contributed by atoms with van der Waals surface area (Å²) in [5, 5.41) is 27.1. The minimum atomic E-state index is -1.35. The van der Waals surface area contributed by atoms with Crippen molar-refractivity contribution in [3.63, 3.8) is 0 Å². The largest absolute Gasteiger partial charge is 0.479 e. The molecule has 1 saturated heterocycles. The zero-order valence-electron chi connectivity index (χ0n) is 8.26. The highest BCUT2D eigenvalue weighted by Gasteiger charge is 2.26. The van der Waals surface area contributed by atoms with E-state index in [0.717, 1.165) is 13.0 Å². The number of nitrogens with zero attached hydrogens (tertiary/aromatic N) is 1. The number of aliphatic hydroxyl groups excluding tert-OH is 2. The highest BCUT2D eigenvalue weighted by molar-refractivity contribution is 5.72. The second-order valence-electron chi connectivity index (χ2n) is 3.95. The van der Waals surface area contributed by atoms with Gasteiger partial charge in [-0.15, -0.1) is 0 Å². The molecule has 3 unspecified atom stereocenters. The molecule has 0 radical (unpaired) electrons. The van der Waals surface area contributed by atoms with Crippen LogP contribution in [0, 0.1) is 5.92 Å². The van der Waals surface area contributed by atoms with Crippen LogP contribution in [-0.4, -0.2) is 58.0 Å². The monoisotopic (exact) mass is 203 g/mol. The molecule has 14 heavy (non-hydrogen) atoms. The topological polar surface area (TPSA) is 81.0 Å². The predicted molar refractivity (Wildman–Crippen MR) is 49.9 cm³/mol. The smallest absolute Gasteiger partial charge is 0.333 e. The van der Waals surface area contributed by atoms with E-state index in [0.29, 0.717) is 6.54 Å². The van der Waals surface area contributed by atoms with Gasteiger partial charge in [0.15, 0.2) is 6.10 Å². The van der Waals surface area contributed by atoms with E-state index in [2.05, 4.69) is 0 Å². The van der Waals surface area contributed by atoms with Gasteiger partial charge in [-0.3, -0.25) is 4.90 Å². The molecule has 5 nitrogen and oxygen atoms in total. The van der Waals surface area contributed by atoms with Crippen molar-refractivity contribution < 1.29 is 20.1 Å². The third-order valence-corrected chi connectivity index (χ3v) is 2.72. The van der Waals surface area contributed by atoms with Crippen molar-refractivity contribution in [3.05, 3.63) is 0 Å². The number of hydrogen-bond donors (Lipinski definition) is 3. The average Bonchev–Trinajstić information content (AvgIpc) is 2.11. The SMILES string of the molecule is CC1CCN(CC(O)C(=O)O)CC1O. The second-order valence-corrected chi connectivity index (χ2v) is 3.95. The summed E-state index contributed by atoms with van der Waals surface area (Å²) in [7, 11) is 0. The molecule has 82 valence electrons. The number of carboxylic acid groups (broad SMARTS) is 1. The zero-order chi connectivity index (χ0) is 10.7. The van der Waals surface area contributed by atoms with E-state index in [9.17, 15) is 9.90 Å². The first-order chi connectivity index (χ1) is 6.50. The maximum atomic E-state index is 10.4. The minimum Gasteiger partial charge on any atom is -0.479 e. The summed E-state index contributed by atoms with van der Waals surface area (Å²) >= 11 is 0. The molecule has 0 aromatic rings. The van der Waals surface area contributed by atoms with Gasteiger partial charge in [-0.1, -0.05) is 6.92 Å². The molecular formula is C9H17NO4. The Hall–Kier alpha value is -0.650. The number of aliphatic hydroxyl groups is 2. The number of carboxylic acids is 1. The summed E-state index contributed by atoms with van der Waals surface area (Å²) in [6.07, 6.45) is -0.923. The quantitative estimate of drug-likeness (QED) is 0.556. The van der Waals surface area contributed by atoms with E-state index in [-0.39, 0.29) is 12.5 Å². The molecule has 1 rings (SSSR count). The highest BCUT2D eigenvalue weighted by atomic mass is 16.4. The number of likely N-dealkylation sites (tertiary alicyclic amines) is 1. The van der Waals surface area contributed by atoms with E-state index >= 15 is 0 Å². The molecule has 1 aliphatic rings. The summed E-state index contributed by atoms with van der Waals surface area (Å²) in [5.41, 5.74) is 0. The Labute approximate surface area is 83.0 Å². The Morgan fingerprint density at radius 3 is 2.79 bits per heavy atom. The molecular weight excluding hydrogens is 186 g/mol. The first-order valence-electron chi connectivity index (χ1n) is 4.82. The van der Waals surface area contributed by atoms with Crippen molar-refractivity contribution in [2.24, 2.45) is 5.92 Å². The number of carbonyl (C=O) groups is 1. The van der Waals surface area contributed by atoms with Crippen LogP contribution in [0.4, 0.5) is 0 Å². The Bertz CT molecular complexity index is 209. The number of β-amino-alcohol motifs (C(OH)–C–C–N with tert-alkyl or cyclic N) is 2. The lowest BCUT2D eigenvalue weighted by Crippen LogP contribution is -2.47. The fraction of sp³-hybridized carbons (Fsp3) is 0.889. The van der Waals surface area contributed by atoms with Crippen molar-refractivity contribution in [2.75, 3.05) is 19.6 Å². The van der Waals surface area contributed by atoms with Gasteiger partial charge >= 0.3 is 5.97 Å². The van der Waals surface area contributed by atoms with Crippen molar-refractivity contribution in [1.29, 1.82) is 0 Å². The van der Waals surface area contributed by atoms with Crippen LogP contribution in [0.25, 0.3) is 0 Å². The minimum absolute atomic E-state index is 0.0963. The summed E-state index contributed by atoms with van der Waals surface area (Å²) in [6, 6.07) is 0. The van der Waals surface area contributed by atoms with Gasteiger partial charge < -0.3 is 15.3 Å². The van der Waals surface area contributed by atoms with Crippen molar-refractivity contribution in [3.8, 4) is 0 Å². The Morgan fingerprint density at radius 2 is 2.29 bits per heavy atom. The molecule has 0 amide bonds. The second kappa shape index (κ2) is 4.72. The third-order valence-electron chi connectivity index (χ3n) is 2.72. The van der Waals surface area contributed by atoms with Crippen LogP contribution in [0.5, 0.6) is 0 Å². The number of aliphatic carboxylic acids is 1. The molecule has 0 aliphatic carbocycles. The average molecular weight is 203 g/mol. The molecule has 0 aromatic carbocycles. The van der Waals surface area contributed by atoms with Crippen LogP contribution in [0.1, 0.15) is 13.3 Å². The van der Waals surface area contributed by atoms with Gasteiger partial charge in [-0.2, -0.15) is 0 Å². The molecule has 3 N–H and O–H groups in total. The molecule has 0 saturated carbocycles. The lowest BCUT2D eigenvalue weighted by Gasteiger charge is -2.34. The van der Waals surface area contributed by atoms with Crippen LogP contribution in [0.2, 0.25) is 0 Å². The molecule has 3 atom stereocenters. The van der Waals surface area contributed by atoms with Crippen LogP contribution >= 0.6 is 0 Å². The fourth-order valence-corrected chi connectivity index (χ4v) is 1.60. The number of hydrogen-bond acceptors (Lipinski definition) is 4. The van der Waals surface area contributed by atoms with Gasteiger partial charge in [0, 0.05) is 13.1 Å². The van der Waals surface area contributed by atoms with Crippen LogP contribution in [0.15, 0.2) is 0 Å². The number of piperidine rings is 1. The molecule has 0 aromatic heterocycles. The van der Waals surface area contributed by atoms with Crippen LogP contribution in [-0.2, 0) is 4.79 Å². The highest BCUT2D eigenvalue weighted by Crippen LogP contribution is 2.16. The fourth-order valence-electron chi connectivity index (χ4n) is 1.60. The van der Waals surface area contributed by atoms with Gasteiger partial charge in [0.05, 0.1) is 6.10 Å². The normalized spacial score (nSPS) is 31.4. The first-order valence-corrected chi connectivity index (χ1v) is 4.82. The van der Waals surface area contributed by atoms with Crippen molar-refractivity contribution in [2.45, 2.75) is 25.6 Å². The van der Waals surface area contributed by atoms with E-state index in [1.54, 1.807) is 4.90 Å². The van der Waals surface area contributed by atoms with Gasteiger partial charge in [0.2, 0.25) is 0 Å². The van der Waals surface area contributed by atoms with Crippen molar-refractivity contribution >= 4 is 5.97 Å². The van der Waals surface area contributed by atoms with Crippen LogP contribution < -0.4 is 0 Å². The summed E-state index contributed by atoms with van der Waals surface area (Å²) in [6.45, 7) is 3.25. The lowest BCUT2D eigenvalue weighted by atomic mass is 9.96. The summed E-state index contributed by atoms with van der Waals surface area (Å²) in [4.78, 5) is 12.2. The van der Waals surface area contributed by atoms with Crippen molar-refractivity contribution in [1.82, 2.24) is 4.90 Å². The molecule has 1 heterocycles. The standard InChI is InChI=1S/C9H17NO4/c1-6-2-3-10(4-7(6)11)5-8(12)9(13)14/h6-8,11-12H,2-5H2,1H3,(H,13,14). The van der Waals surface area contributed by atoms with Gasteiger partial charge in [0.25, 0.3) is 0 Å². The van der Waals surface area contributed by atoms with E-state index in [1.807, 2.05) is 6.92 Å². The zero-order valence-corrected chi connectivity index (χ0v) is 8.26. The molecule has 1 fully saturated rings. The van der Waals surface area contributed by atoms with Gasteiger partial charge in [0.1, 0.15) is 0 Å². The van der Waals surface area contributed by atoms with Crippen LogP contribution in [0.3, 0.4) is 0 Å². The predicted octanol–water partition coefficient (Wildman–Crippen LogP) is -0.865. The summed E-state index contributed by atoms with van der Waals surface area (Å²) < 4.78 is 0. The Kier molecular flexibility index (Phi) is 3.86. The summed E-state index contributed by atoms with van der Waals surface area (Å²) in [5.74, 6) is -0.952. The van der Waals surface area contributed by atoms with E-state index < -0.39 is 18.2 Å². The van der Waals surface area contributed by atoms with E-state index in [4.69, 9.17) is 10.2 Å².